The Bertz CT molecular complexity index is 776. The van der Waals surface area contributed by atoms with Crippen molar-refractivity contribution in [2.24, 2.45) is 0 Å². The van der Waals surface area contributed by atoms with Gasteiger partial charge in [0, 0.05) is 38.1 Å². The van der Waals surface area contributed by atoms with Crippen molar-refractivity contribution in [2.45, 2.75) is 20.4 Å². The molecule has 0 saturated carbocycles. The van der Waals surface area contributed by atoms with Crippen LogP contribution in [0.25, 0.3) is 10.8 Å². The Morgan fingerprint density at radius 2 is 1.70 bits per heavy atom. The molecule has 2 aromatic rings. The Hall–Kier alpha value is -2.21. The summed E-state index contributed by atoms with van der Waals surface area (Å²) in [5.41, 5.74) is 0.238. The minimum Gasteiger partial charge on any atom is -0.335 e. The van der Waals surface area contributed by atoms with E-state index in [0.29, 0.717) is 36.1 Å². The summed E-state index contributed by atoms with van der Waals surface area (Å²) in [6.45, 7) is 8.61. The van der Waals surface area contributed by atoms with Crippen molar-refractivity contribution >= 4 is 16.7 Å². The van der Waals surface area contributed by atoms with Crippen molar-refractivity contribution in [3.63, 3.8) is 0 Å². The van der Waals surface area contributed by atoms with Gasteiger partial charge in [0.25, 0.3) is 11.5 Å². The molecule has 0 bridgehead atoms. The third kappa shape index (κ3) is 2.86. The first kappa shape index (κ1) is 15.7. The van der Waals surface area contributed by atoms with Crippen molar-refractivity contribution in [2.75, 3.05) is 32.7 Å². The van der Waals surface area contributed by atoms with E-state index in [-0.39, 0.29) is 11.5 Å². The molecule has 0 aliphatic carbocycles. The average Bonchev–Trinajstić information content (AvgIpc) is 2.62. The molecule has 2 heterocycles. The lowest BCUT2D eigenvalue weighted by molar-refractivity contribution is 0.0637. The molecular weight excluding hydrogens is 292 g/mol. The third-order valence-electron chi connectivity index (χ3n) is 4.48. The van der Waals surface area contributed by atoms with Crippen LogP contribution in [0, 0.1) is 0 Å². The molecule has 1 aliphatic heterocycles. The summed E-state index contributed by atoms with van der Waals surface area (Å²) in [6, 6.07) is 7.22. The molecule has 1 saturated heterocycles. The van der Waals surface area contributed by atoms with Gasteiger partial charge in [-0.15, -0.1) is 0 Å². The Kier molecular flexibility index (Phi) is 4.43. The molecule has 23 heavy (non-hydrogen) atoms. The van der Waals surface area contributed by atoms with Gasteiger partial charge in [-0.3, -0.25) is 9.59 Å². The Morgan fingerprint density at radius 3 is 2.30 bits per heavy atom. The number of fused-ring (bicyclic) bond motifs is 1. The number of nitrogens with zero attached hydrogens (tertiary/aromatic N) is 4. The van der Waals surface area contributed by atoms with Crippen LogP contribution >= 0.6 is 0 Å². The van der Waals surface area contributed by atoms with Crippen LogP contribution < -0.4 is 5.56 Å². The van der Waals surface area contributed by atoms with E-state index < -0.39 is 0 Å². The maximum absolute atomic E-state index is 12.9. The van der Waals surface area contributed by atoms with E-state index in [0.717, 1.165) is 19.6 Å². The second-order valence-corrected chi connectivity index (χ2v) is 5.74. The molecule has 6 nitrogen and oxygen atoms in total. The summed E-state index contributed by atoms with van der Waals surface area (Å²) in [5.74, 6) is -0.0841. The molecule has 1 aromatic carbocycles. The number of aromatic nitrogens is 2. The normalized spacial score (nSPS) is 16.0. The number of piperazine rings is 1. The molecule has 0 atom stereocenters. The first-order valence-electron chi connectivity index (χ1n) is 8.17. The summed E-state index contributed by atoms with van der Waals surface area (Å²) in [7, 11) is 0. The second kappa shape index (κ2) is 6.50. The summed E-state index contributed by atoms with van der Waals surface area (Å²) in [6.07, 6.45) is 0. The number of hydrogen-bond acceptors (Lipinski definition) is 4. The van der Waals surface area contributed by atoms with Gasteiger partial charge < -0.3 is 9.80 Å². The smallest absolute Gasteiger partial charge is 0.275 e. The molecular formula is C17H22N4O2. The average molecular weight is 314 g/mol. The van der Waals surface area contributed by atoms with E-state index in [1.165, 1.54) is 4.68 Å². The van der Waals surface area contributed by atoms with Gasteiger partial charge in [-0.2, -0.15) is 5.10 Å². The van der Waals surface area contributed by atoms with Gasteiger partial charge in [0.1, 0.15) is 0 Å². The van der Waals surface area contributed by atoms with E-state index in [9.17, 15) is 9.59 Å². The van der Waals surface area contributed by atoms with Crippen LogP contribution in [-0.2, 0) is 6.54 Å². The highest BCUT2D eigenvalue weighted by Crippen LogP contribution is 2.16. The first-order chi connectivity index (χ1) is 11.2. The quantitative estimate of drug-likeness (QED) is 0.854. The van der Waals surface area contributed by atoms with Crippen LogP contribution in [0.5, 0.6) is 0 Å². The summed E-state index contributed by atoms with van der Waals surface area (Å²) in [4.78, 5) is 29.4. The molecule has 1 fully saturated rings. The highest BCUT2D eigenvalue weighted by atomic mass is 16.2. The van der Waals surface area contributed by atoms with Gasteiger partial charge in [-0.1, -0.05) is 25.1 Å². The topological polar surface area (TPSA) is 58.4 Å². The number of carbonyl (C=O) groups is 1. The monoisotopic (exact) mass is 314 g/mol. The molecule has 0 N–H and O–H groups in total. The molecule has 3 rings (SSSR count). The minimum atomic E-state index is -0.143. The fraction of sp³-hybridized carbons (Fsp3) is 0.471. The molecule has 0 spiro atoms. The summed E-state index contributed by atoms with van der Waals surface area (Å²) in [5, 5.41) is 5.53. The van der Waals surface area contributed by atoms with Gasteiger partial charge in [-0.05, 0) is 19.5 Å². The largest absolute Gasteiger partial charge is 0.335 e. The summed E-state index contributed by atoms with van der Waals surface area (Å²) < 4.78 is 1.37. The van der Waals surface area contributed by atoms with Gasteiger partial charge in [0.15, 0.2) is 5.69 Å². The zero-order chi connectivity index (χ0) is 16.4. The van der Waals surface area contributed by atoms with E-state index in [1.54, 1.807) is 12.1 Å². The number of benzene rings is 1. The number of likely N-dealkylation sites (N-methyl/N-ethyl adjacent to an activating group) is 1. The molecule has 0 radical (unpaired) electrons. The maximum atomic E-state index is 12.9. The van der Waals surface area contributed by atoms with Gasteiger partial charge in [-0.25, -0.2) is 4.68 Å². The highest BCUT2D eigenvalue weighted by Gasteiger charge is 2.25. The van der Waals surface area contributed by atoms with Crippen molar-refractivity contribution in [3.05, 3.63) is 40.3 Å². The van der Waals surface area contributed by atoms with Gasteiger partial charge in [0.2, 0.25) is 0 Å². The van der Waals surface area contributed by atoms with Crippen molar-refractivity contribution in [1.82, 2.24) is 19.6 Å². The molecule has 0 unspecified atom stereocenters. The van der Waals surface area contributed by atoms with Gasteiger partial charge in [0.05, 0.1) is 5.39 Å². The predicted octanol–water partition coefficient (Wildman–Crippen LogP) is 1.19. The predicted molar refractivity (Wildman–Crippen MR) is 89.7 cm³/mol. The van der Waals surface area contributed by atoms with Crippen LogP contribution in [0.2, 0.25) is 0 Å². The highest BCUT2D eigenvalue weighted by molar-refractivity contribution is 6.04. The molecule has 6 heteroatoms. The van der Waals surface area contributed by atoms with E-state index in [1.807, 2.05) is 24.0 Å². The molecule has 1 aliphatic rings. The maximum Gasteiger partial charge on any atom is 0.275 e. The first-order valence-corrected chi connectivity index (χ1v) is 8.17. The van der Waals surface area contributed by atoms with E-state index in [4.69, 9.17) is 0 Å². The van der Waals surface area contributed by atoms with Crippen LogP contribution in [0.1, 0.15) is 24.3 Å². The van der Waals surface area contributed by atoms with E-state index in [2.05, 4.69) is 16.9 Å². The number of rotatable bonds is 3. The Labute approximate surface area is 135 Å². The molecule has 1 aromatic heterocycles. The van der Waals surface area contributed by atoms with Gasteiger partial charge >= 0.3 is 0 Å². The van der Waals surface area contributed by atoms with Crippen LogP contribution in [0.15, 0.2) is 29.1 Å². The van der Waals surface area contributed by atoms with Crippen molar-refractivity contribution in [3.8, 4) is 0 Å². The van der Waals surface area contributed by atoms with Crippen LogP contribution in [0.3, 0.4) is 0 Å². The minimum absolute atomic E-state index is 0.0841. The molecule has 122 valence electrons. The standard InChI is InChI=1S/C17H22N4O2/c1-3-19-9-11-20(12-10-19)17(23)15-13-7-5-6-8-14(13)16(22)21(4-2)18-15/h5-8H,3-4,9-12H2,1-2H3. The fourth-order valence-corrected chi connectivity index (χ4v) is 3.02. The number of carbonyl (C=O) groups excluding carboxylic acids is 1. The number of hydrogen-bond donors (Lipinski definition) is 0. The zero-order valence-electron chi connectivity index (χ0n) is 13.7. The fourth-order valence-electron chi connectivity index (χ4n) is 3.02. The van der Waals surface area contributed by atoms with Crippen molar-refractivity contribution < 1.29 is 4.79 Å². The third-order valence-corrected chi connectivity index (χ3v) is 4.48. The van der Waals surface area contributed by atoms with Crippen LogP contribution in [-0.4, -0.2) is 58.2 Å². The molecule has 1 amide bonds. The lowest BCUT2D eigenvalue weighted by Crippen LogP contribution is -2.49. The second-order valence-electron chi connectivity index (χ2n) is 5.74. The zero-order valence-corrected chi connectivity index (χ0v) is 13.7. The van der Waals surface area contributed by atoms with Crippen molar-refractivity contribution in [1.29, 1.82) is 0 Å². The lowest BCUT2D eigenvalue weighted by atomic mass is 10.1. The number of aryl methyl sites for hydroxylation is 1. The van der Waals surface area contributed by atoms with E-state index >= 15 is 0 Å². The van der Waals surface area contributed by atoms with Crippen LogP contribution in [0.4, 0.5) is 0 Å². The number of amides is 1. The SMILES string of the molecule is CCN1CCN(C(=O)c2nn(CC)c(=O)c3ccccc23)CC1. The Morgan fingerprint density at radius 1 is 1.04 bits per heavy atom. The Balaban J connectivity index is 2.01. The summed E-state index contributed by atoms with van der Waals surface area (Å²) >= 11 is 0. The lowest BCUT2D eigenvalue weighted by Gasteiger charge is -2.34.